The highest BCUT2D eigenvalue weighted by atomic mass is 32.2. The minimum atomic E-state index is -3.25. The molecule has 108 valence electrons. The lowest BCUT2D eigenvalue weighted by molar-refractivity contribution is 0.584. The number of hydrogen-bond donors (Lipinski definition) is 1. The number of hydrogen-bond acceptors (Lipinski definition) is 4. The molecule has 0 aliphatic rings. The van der Waals surface area contributed by atoms with Crippen molar-refractivity contribution in [3.63, 3.8) is 0 Å². The first-order valence-electron chi connectivity index (χ1n) is 6.58. The molecule has 0 bridgehead atoms. The van der Waals surface area contributed by atoms with Gasteiger partial charge in [0.05, 0.1) is 5.25 Å². The molecule has 0 fully saturated rings. The van der Waals surface area contributed by atoms with Crippen LogP contribution in [0.2, 0.25) is 0 Å². The van der Waals surface area contributed by atoms with Crippen molar-refractivity contribution >= 4 is 9.84 Å². The molecular weight excluding hydrogens is 264 g/mol. The number of nitrogens with zero attached hydrogens (tertiary/aromatic N) is 1. The van der Waals surface area contributed by atoms with Gasteiger partial charge < -0.3 is 4.98 Å². The third kappa shape index (κ3) is 4.16. The number of aromatic amines is 1. The van der Waals surface area contributed by atoms with E-state index in [0.717, 1.165) is 12.8 Å². The molecule has 0 atom stereocenters. The lowest BCUT2D eigenvalue weighted by Crippen LogP contribution is -2.23. The Morgan fingerprint density at radius 2 is 1.95 bits per heavy atom. The molecule has 0 spiro atoms. The van der Waals surface area contributed by atoms with Crippen LogP contribution in [0, 0.1) is 6.92 Å². The van der Waals surface area contributed by atoms with Gasteiger partial charge in [-0.1, -0.05) is 13.3 Å². The molecule has 1 rings (SSSR count). The fraction of sp³-hybridized carbons (Fsp3) is 0.692. The summed E-state index contributed by atoms with van der Waals surface area (Å²) in [6, 6.07) is 0. The summed E-state index contributed by atoms with van der Waals surface area (Å²) in [7, 11) is -3.25. The lowest BCUT2D eigenvalue weighted by Gasteiger charge is -2.09. The largest absolute Gasteiger partial charge is 0.309 e. The van der Waals surface area contributed by atoms with Crippen LogP contribution in [0.25, 0.3) is 0 Å². The Morgan fingerprint density at radius 3 is 2.42 bits per heavy atom. The molecule has 19 heavy (non-hydrogen) atoms. The average Bonchev–Trinajstić information content (AvgIpc) is 2.27. The fourth-order valence-corrected chi connectivity index (χ4v) is 2.59. The van der Waals surface area contributed by atoms with Gasteiger partial charge in [-0.05, 0) is 33.6 Å². The smallest absolute Gasteiger partial charge is 0.254 e. The van der Waals surface area contributed by atoms with E-state index in [2.05, 4.69) is 16.9 Å². The Bertz CT molecular complexity index is 588. The number of nitrogens with one attached hydrogen (secondary N) is 1. The predicted octanol–water partition coefficient (Wildman–Crippen LogP) is 1.74. The van der Waals surface area contributed by atoms with Gasteiger partial charge in [0.25, 0.3) is 5.56 Å². The zero-order valence-electron chi connectivity index (χ0n) is 12.0. The maximum atomic E-state index is 11.9. The van der Waals surface area contributed by atoms with Gasteiger partial charge in [0.2, 0.25) is 0 Å². The fourth-order valence-electron chi connectivity index (χ4n) is 1.74. The van der Waals surface area contributed by atoms with E-state index in [1.54, 1.807) is 20.8 Å². The molecule has 0 amide bonds. The number of unbranched alkanes of at least 4 members (excludes halogenated alkanes) is 1. The summed E-state index contributed by atoms with van der Waals surface area (Å²) in [5, 5.41) is -0.474. The molecular formula is C13H22N2O3S. The Kier molecular flexibility index (Phi) is 5.29. The van der Waals surface area contributed by atoms with Crippen molar-refractivity contribution in [3.05, 3.63) is 27.4 Å². The first-order valence-corrected chi connectivity index (χ1v) is 8.29. The van der Waals surface area contributed by atoms with E-state index in [1.807, 2.05) is 0 Å². The van der Waals surface area contributed by atoms with E-state index in [1.165, 1.54) is 0 Å². The zero-order chi connectivity index (χ0) is 14.6. The first kappa shape index (κ1) is 15.9. The summed E-state index contributed by atoms with van der Waals surface area (Å²) in [5.41, 5.74) is 1.08. The molecule has 0 saturated heterocycles. The second-order valence-corrected chi connectivity index (χ2v) is 7.59. The van der Waals surface area contributed by atoms with Crippen molar-refractivity contribution in [1.29, 1.82) is 0 Å². The van der Waals surface area contributed by atoms with E-state index in [0.29, 0.717) is 17.7 Å². The van der Waals surface area contributed by atoms with Crippen LogP contribution >= 0.6 is 0 Å². The van der Waals surface area contributed by atoms with Gasteiger partial charge in [-0.3, -0.25) is 4.79 Å². The molecule has 1 aromatic heterocycles. The second-order valence-electron chi connectivity index (χ2n) is 5.04. The van der Waals surface area contributed by atoms with Crippen LogP contribution in [0.3, 0.4) is 0 Å². The number of aryl methyl sites for hydroxylation is 1. The monoisotopic (exact) mass is 286 g/mol. The van der Waals surface area contributed by atoms with Crippen LogP contribution in [-0.4, -0.2) is 23.6 Å². The summed E-state index contributed by atoms with van der Waals surface area (Å²) in [6.07, 6.45) is 2.61. The van der Waals surface area contributed by atoms with Gasteiger partial charge >= 0.3 is 0 Å². The molecule has 0 aliphatic heterocycles. The molecule has 6 heteroatoms. The number of H-pyrrole nitrogens is 1. The van der Waals surface area contributed by atoms with Crippen molar-refractivity contribution in [2.24, 2.45) is 0 Å². The average molecular weight is 286 g/mol. The maximum Gasteiger partial charge on any atom is 0.254 e. The summed E-state index contributed by atoms with van der Waals surface area (Å²) >= 11 is 0. The number of aromatic nitrogens is 2. The van der Waals surface area contributed by atoms with E-state index in [-0.39, 0.29) is 17.1 Å². The Balaban J connectivity index is 3.05. The lowest BCUT2D eigenvalue weighted by atomic mass is 10.1. The summed E-state index contributed by atoms with van der Waals surface area (Å²) in [5.74, 6) is 0.0193. The van der Waals surface area contributed by atoms with E-state index >= 15 is 0 Å². The van der Waals surface area contributed by atoms with Crippen LogP contribution in [0.15, 0.2) is 4.79 Å². The molecule has 0 aromatic carbocycles. The quantitative estimate of drug-likeness (QED) is 0.864. The van der Waals surface area contributed by atoms with Crippen LogP contribution < -0.4 is 5.56 Å². The van der Waals surface area contributed by atoms with Crippen molar-refractivity contribution in [2.45, 2.75) is 58.0 Å². The first-order chi connectivity index (χ1) is 8.77. The predicted molar refractivity (Wildman–Crippen MR) is 76.0 cm³/mol. The third-order valence-corrected chi connectivity index (χ3v) is 5.22. The van der Waals surface area contributed by atoms with Gasteiger partial charge in [0, 0.05) is 11.3 Å². The Hall–Kier alpha value is -1.17. The maximum absolute atomic E-state index is 11.9. The van der Waals surface area contributed by atoms with Crippen molar-refractivity contribution in [2.75, 3.05) is 0 Å². The second kappa shape index (κ2) is 6.32. The van der Waals surface area contributed by atoms with Crippen LogP contribution in [0.4, 0.5) is 0 Å². The molecule has 1 heterocycles. The van der Waals surface area contributed by atoms with Crippen molar-refractivity contribution < 1.29 is 8.42 Å². The molecule has 0 unspecified atom stereocenters. The van der Waals surface area contributed by atoms with Gasteiger partial charge in [-0.25, -0.2) is 13.4 Å². The molecule has 1 aromatic rings. The van der Waals surface area contributed by atoms with Crippen molar-refractivity contribution in [1.82, 2.24) is 9.97 Å². The molecule has 0 aliphatic carbocycles. The highest BCUT2D eigenvalue weighted by molar-refractivity contribution is 7.91. The van der Waals surface area contributed by atoms with Crippen LogP contribution in [-0.2, 0) is 22.0 Å². The van der Waals surface area contributed by atoms with E-state index in [9.17, 15) is 13.2 Å². The zero-order valence-corrected chi connectivity index (χ0v) is 12.8. The summed E-state index contributed by atoms with van der Waals surface area (Å²) in [6.45, 7) is 7.05. The molecule has 5 nitrogen and oxygen atoms in total. The molecule has 1 N–H and O–H groups in total. The van der Waals surface area contributed by atoms with E-state index < -0.39 is 15.1 Å². The van der Waals surface area contributed by atoms with Gasteiger partial charge in [0.15, 0.2) is 9.84 Å². The molecule has 0 radical (unpaired) electrons. The van der Waals surface area contributed by atoms with Crippen LogP contribution in [0.1, 0.15) is 50.7 Å². The highest BCUT2D eigenvalue weighted by Gasteiger charge is 2.19. The minimum absolute atomic E-state index is 0.213. The highest BCUT2D eigenvalue weighted by Crippen LogP contribution is 2.09. The van der Waals surface area contributed by atoms with Gasteiger partial charge in [-0.15, -0.1) is 0 Å². The normalized spacial score (nSPS) is 12.1. The standard InChI is InChI=1S/C13H22N2O3S/c1-5-6-7-11-10(4)14-12(15-13(11)16)8-19(17,18)9(2)3/h9H,5-8H2,1-4H3,(H,14,15,16). The van der Waals surface area contributed by atoms with Crippen molar-refractivity contribution in [3.8, 4) is 0 Å². The van der Waals surface area contributed by atoms with Gasteiger partial charge in [-0.2, -0.15) is 0 Å². The summed E-state index contributed by atoms with van der Waals surface area (Å²) in [4.78, 5) is 18.7. The molecule has 0 saturated carbocycles. The topological polar surface area (TPSA) is 79.9 Å². The SMILES string of the molecule is CCCCc1c(C)nc(CS(=O)(=O)C(C)C)[nH]c1=O. The Morgan fingerprint density at radius 1 is 1.32 bits per heavy atom. The summed E-state index contributed by atoms with van der Waals surface area (Å²) < 4.78 is 23.6. The van der Waals surface area contributed by atoms with E-state index in [4.69, 9.17) is 0 Å². The number of rotatable bonds is 6. The van der Waals surface area contributed by atoms with Gasteiger partial charge in [0.1, 0.15) is 11.6 Å². The third-order valence-electron chi connectivity index (χ3n) is 3.11. The minimum Gasteiger partial charge on any atom is -0.309 e. The Labute approximate surface area is 114 Å². The van der Waals surface area contributed by atoms with Crippen LogP contribution in [0.5, 0.6) is 0 Å². The number of sulfone groups is 1.